The molecule has 0 spiro atoms. The van der Waals surface area contributed by atoms with Gasteiger partial charge in [0.15, 0.2) is 0 Å². The quantitative estimate of drug-likeness (QED) is 0.604. The molecule has 0 aliphatic heterocycles. The van der Waals surface area contributed by atoms with E-state index in [0.717, 1.165) is 5.56 Å². The smallest absolute Gasteiger partial charge is 0.320 e. The molecule has 1 aromatic rings. The Labute approximate surface area is 81.2 Å². The van der Waals surface area contributed by atoms with Crippen LogP contribution in [0.5, 0.6) is 0 Å². The zero-order valence-electron chi connectivity index (χ0n) is 7.55. The Hall–Kier alpha value is -1.46. The number of aromatic nitrogens is 1. The van der Waals surface area contributed by atoms with E-state index in [1.165, 1.54) is 6.20 Å². The topological polar surface area (TPSA) is 96.4 Å². The lowest BCUT2D eigenvalue weighted by Crippen LogP contribution is -2.32. The molecule has 0 bridgehead atoms. The molecule has 0 saturated heterocycles. The molecule has 0 unspecified atom stereocenters. The van der Waals surface area contributed by atoms with E-state index in [0.29, 0.717) is 5.69 Å². The van der Waals surface area contributed by atoms with E-state index in [9.17, 15) is 4.79 Å². The van der Waals surface area contributed by atoms with Gasteiger partial charge in [0.1, 0.15) is 6.04 Å². The Kier molecular flexibility index (Phi) is 3.55. The highest BCUT2D eigenvalue weighted by molar-refractivity contribution is 5.73. The molecule has 0 radical (unpaired) electrons. The van der Waals surface area contributed by atoms with Gasteiger partial charge in [-0.2, -0.15) is 0 Å². The number of hydrogen-bond donors (Lipinski definition) is 3. The molecule has 76 valence electrons. The van der Waals surface area contributed by atoms with Crippen molar-refractivity contribution in [3.8, 4) is 0 Å². The SMILES string of the molecule is N[C@@H](Cc1ccc(CO)nc1)C(=O)O. The third-order valence-electron chi connectivity index (χ3n) is 1.82. The first kappa shape index (κ1) is 10.6. The van der Waals surface area contributed by atoms with Gasteiger partial charge >= 0.3 is 5.97 Å². The molecule has 1 heterocycles. The fourth-order valence-corrected chi connectivity index (χ4v) is 1.01. The Bertz CT molecular complexity index is 310. The molecule has 0 saturated carbocycles. The fraction of sp³-hybridized carbons (Fsp3) is 0.333. The third-order valence-corrected chi connectivity index (χ3v) is 1.82. The molecule has 0 aromatic carbocycles. The monoisotopic (exact) mass is 196 g/mol. The second-order valence-corrected chi connectivity index (χ2v) is 2.96. The van der Waals surface area contributed by atoms with Crippen LogP contribution in [0, 0.1) is 0 Å². The molecule has 1 atom stereocenters. The maximum absolute atomic E-state index is 10.4. The van der Waals surface area contributed by atoms with Crippen molar-refractivity contribution in [3.63, 3.8) is 0 Å². The van der Waals surface area contributed by atoms with Crippen LogP contribution in [0.25, 0.3) is 0 Å². The van der Waals surface area contributed by atoms with Crippen molar-refractivity contribution in [2.75, 3.05) is 0 Å². The van der Waals surface area contributed by atoms with Crippen molar-refractivity contribution in [1.29, 1.82) is 0 Å². The van der Waals surface area contributed by atoms with Crippen LogP contribution in [0.2, 0.25) is 0 Å². The largest absolute Gasteiger partial charge is 0.480 e. The standard InChI is InChI=1S/C9H12N2O3/c10-8(9(13)14)3-6-1-2-7(5-12)11-4-6/h1-2,4,8,12H,3,5,10H2,(H,13,14)/t8-/m0/s1. The number of aliphatic carboxylic acids is 1. The second kappa shape index (κ2) is 4.69. The minimum atomic E-state index is -1.03. The zero-order valence-corrected chi connectivity index (χ0v) is 7.55. The van der Waals surface area contributed by atoms with Crippen LogP contribution in [0.15, 0.2) is 18.3 Å². The normalized spacial score (nSPS) is 12.4. The summed E-state index contributed by atoms with van der Waals surface area (Å²) in [5, 5.41) is 17.3. The summed E-state index contributed by atoms with van der Waals surface area (Å²) in [6, 6.07) is 2.45. The summed E-state index contributed by atoms with van der Waals surface area (Å²) in [5.74, 6) is -1.03. The van der Waals surface area contributed by atoms with E-state index >= 15 is 0 Å². The van der Waals surface area contributed by atoms with Crippen molar-refractivity contribution in [2.24, 2.45) is 5.73 Å². The third kappa shape index (κ3) is 2.79. The first-order valence-corrected chi connectivity index (χ1v) is 4.16. The summed E-state index contributed by atoms with van der Waals surface area (Å²) < 4.78 is 0. The van der Waals surface area contributed by atoms with Gasteiger partial charge in [-0.3, -0.25) is 9.78 Å². The van der Waals surface area contributed by atoms with Crippen LogP contribution in [0.3, 0.4) is 0 Å². The minimum absolute atomic E-state index is 0.120. The number of carboxylic acid groups (broad SMARTS) is 1. The molecule has 4 N–H and O–H groups in total. The predicted octanol–water partition coefficient (Wildman–Crippen LogP) is -0.472. The molecule has 5 heteroatoms. The number of aliphatic hydroxyl groups excluding tert-OH is 1. The van der Waals surface area contributed by atoms with Crippen molar-refractivity contribution < 1.29 is 15.0 Å². The van der Waals surface area contributed by atoms with Gasteiger partial charge in [0.05, 0.1) is 12.3 Å². The number of rotatable bonds is 4. The minimum Gasteiger partial charge on any atom is -0.480 e. The van der Waals surface area contributed by atoms with Crippen molar-refractivity contribution in [2.45, 2.75) is 19.1 Å². The van der Waals surface area contributed by atoms with Crippen LogP contribution >= 0.6 is 0 Å². The van der Waals surface area contributed by atoms with Gasteiger partial charge in [0.25, 0.3) is 0 Å². The van der Waals surface area contributed by atoms with Crippen molar-refractivity contribution in [1.82, 2.24) is 4.98 Å². The number of carboxylic acids is 1. The van der Waals surface area contributed by atoms with Crippen molar-refractivity contribution >= 4 is 5.97 Å². The van der Waals surface area contributed by atoms with Crippen LogP contribution in [-0.4, -0.2) is 27.2 Å². The second-order valence-electron chi connectivity index (χ2n) is 2.96. The van der Waals surface area contributed by atoms with Gasteiger partial charge in [0, 0.05) is 6.20 Å². The van der Waals surface area contributed by atoms with Crippen LogP contribution in [0.1, 0.15) is 11.3 Å². The number of hydrogen-bond acceptors (Lipinski definition) is 4. The van der Waals surface area contributed by atoms with Gasteiger partial charge < -0.3 is 15.9 Å². The van der Waals surface area contributed by atoms with E-state index in [-0.39, 0.29) is 13.0 Å². The molecule has 0 aliphatic carbocycles. The summed E-state index contributed by atoms with van der Waals surface area (Å²) in [7, 11) is 0. The van der Waals surface area contributed by atoms with Gasteiger partial charge in [-0.15, -0.1) is 0 Å². The van der Waals surface area contributed by atoms with Crippen LogP contribution in [-0.2, 0) is 17.8 Å². The molecule has 0 aliphatic rings. The van der Waals surface area contributed by atoms with Gasteiger partial charge in [-0.1, -0.05) is 6.07 Å². The number of nitrogens with zero attached hydrogens (tertiary/aromatic N) is 1. The molecule has 1 rings (SSSR count). The number of nitrogens with two attached hydrogens (primary N) is 1. The molecule has 0 amide bonds. The molecular formula is C9H12N2O3. The lowest BCUT2D eigenvalue weighted by molar-refractivity contribution is -0.138. The Morgan fingerprint density at radius 1 is 1.57 bits per heavy atom. The molecular weight excluding hydrogens is 184 g/mol. The van der Waals surface area contributed by atoms with Crippen LogP contribution < -0.4 is 5.73 Å². The van der Waals surface area contributed by atoms with E-state index in [1.54, 1.807) is 12.1 Å². The van der Waals surface area contributed by atoms with E-state index in [1.807, 2.05) is 0 Å². The highest BCUT2D eigenvalue weighted by Crippen LogP contribution is 2.03. The summed E-state index contributed by atoms with van der Waals surface area (Å²) in [6.07, 6.45) is 1.77. The first-order valence-electron chi connectivity index (χ1n) is 4.16. The highest BCUT2D eigenvalue weighted by Gasteiger charge is 2.11. The summed E-state index contributed by atoms with van der Waals surface area (Å²) >= 11 is 0. The molecule has 1 aromatic heterocycles. The Morgan fingerprint density at radius 2 is 2.29 bits per heavy atom. The number of aliphatic hydroxyl groups is 1. The van der Waals surface area contributed by atoms with E-state index < -0.39 is 12.0 Å². The summed E-state index contributed by atoms with van der Waals surface area (Å²) in [4.78, 5) is 14.4. The lowest BCUT2D eigenvalue weighted by atomic mass is 10.1. The predicted molar refractivity (Wildman–Crippen MR) is 49.5 cm³/mol. The van der Waals surface area contributed by atoms with Gasteiger partial charge in [0.2, 0.25) is 0 Å². The van der Waals surface area contributed by atoms with E-state index in [2.05, 4.69) is 4.98 Å². The fourth-order valence-electron chi connectivity index (χ4n) is 1.01. The Morgan fingerprint density at radius 3 is 2.71 bits per heavy atom. The number of carbonyl (C=O) groups is 1. The number of pyridine rings is 1. The molecule has 14 heavy (non-hydrogen) atoms. The average Bonchev–Trinajstić information content (AvgIpc) is 2.19. The zero-order chi connectivity index (χ0) is 10.6. The average molecular weight is 196 g/mol. The summed E-state index contributed by atoms with van der Waals surface area (Å²) in [5.41, 5.74) is 6.64. The van der Waals surface area contributed by atoms with Crippen LogP contribution in [0.4, 0.5) is 0 Å². The Balaban J connectivity index is 2.64. The highest BCUT2D eigenvalue weighted by atomic mass is 16.4. The lowest BCUT2D eigenvalue weighted by Gasteiger charge is -2.05. The first-order chi connectivity index (χ1) is 6.63. The van der Waals surface area contributed by atoms with E-state index in [4.69, 9.17) is 15.9 Å². The molecule has 0 fully saturated rings. The maximum Gasteiger partial charge on any atom is 0.320 e. The van der Waals surface area contributed by atoms with Gasteiger partial charge in [-0.05, 0) is 18.1 Å². The summed E-state index contributed by atoms with van der Waals surface area (Å²) in [6.45, 7) is -0.120. The van der Waals surface area contributed by atoms with Gasteiger partial charge in [-0.25, -0.2) is 0 Å². The van der Waals surface area contributed by atoms with Crippen molar-refractivity contribution in [3.05, 3.63) is 29.6 Å². The molecule has 5 nitrogen and oxygen atoms in total. The maximum atomic E-state index is 10.4.